The number of carbonyl (C=O) groups is 1. The van der Waals surface area contributed by atoms with Crippen LogP contribution in [-0.2, 0) is 6.18 Å². The molecule has 0 atom stereocenters. The van der Waals surface area contributed by atoms with Crippen molar-refractivity contribution in [3.63, 3.8) is 0 Å². The molecule has 3 aromatic rings. The first kappa shape index (κ1) is 20.0. The normalized spacial score (nSPS) is 15.2. The van der Waals surface area contributed by atoms with Crippen LogP contribution in [0.15, 0.2) is 24.7 Å². The van der Waals surface area contributed by atoms with E-state index < -0.39 is 30.0 Å². The summed E-state index contributed by atoms with van der Waals surface area (Å²) in [6.07, 6.45) is -1.88. The molecule has 0 aromatic carbocycles. The molecule has 0 aliphatic carbocycles. The van der Waals surface area contributed by atoms with E-state index in [4.69, 9.17) is 0 Å². The van der Waals surface area contributed by atoms with Gasteiger partial charge in [-0.1, -0.05) is 0 Å². The molecule has 0 radical (unpaired) electrons. The van der Waals surface area contributed by atoms with Gasteiger partial charge in [-0.2, -0.15) is 32.1 Å². The Morgan fingerprint density at radius 3 is 2.63 bits per heavy atom. The lowest BCUT2D eigenvalue weighted by molar-refractivity contribution is -0.141. The molecule has 0 unspecified atom stereocenters. The van der Waals surface area contributed by atoms with Crippen LogP contribution in [0.3, 0.4) is 0 Å². The van der Waals surface area contributed by atoms with Crippen molar-refractivity contribution in [3.05, 3.63) is 35.9 Å². The second kappa shape index (κ2) is 7.51. The SMILES string of the molecule is O=C(Nc1cn(C(F)F)nc1C(F)(F)F)c1cnn2ccc(N3CCNCC3)nc12. The number of alkyl halides is 5. The molecule has 0 spiro atoms. The lowest BCUT2D eigenvalue weighted by atomic mass is 10.3. The summed E-state index contributed by atoms with van der Waals surface area (Å²) >= 11 is 0. The highest BCUT2D eigenvalue weighted by atomic mass is 19.4. The topological polar surface area (TPSA) is 92.4 Å². The van der Waals surface area contributed by atoms with Crippen LogP contribution in [0.1, 0.15) is 22.6 Å². The molecule has 4 heterocycles. The summed E-state index contributed by atoms with van der Waals surface area (Å²) in [6.45, 7) is -0.389. The number of nitrogens with one attached hydrogen (secondary N) is 2. The van der Waals surface area contributed by atoms with Gasteiger partial charge in [0.25, 0.3) is 5.91 Å². The molecule has 1 fully saturated rings. The van der Waals surface area contributed by atoms with Gasteiger partial charge in [-0.15, -0.1) is 0 Å². The zero-order chi connectivity index (χ0) is 21.5. The van der Waals surface area contributed by atoms with Gasteiger partial charge in [-0.3, -0.25) is 4.79 Å². The number of rotatable bonds is 4. The highest BCUT2D eigenvalue weighted by Crippen LogP contribution is 2.35. The molecule has 3 aromatic heterocycles. The maximum atomic E-state index is 13.1. The average molecular weight is 430 g/mol. The number of fused-ring (bicyclic) bond motifs is 1. The van der Waals surface area contributed by atoms with Crippen LogP contribution in [0.25, 0.3) is 5.65 Å². The van der Waals surface area contributed by atoms with Gasteiger partial charge in [0, 0.05) is 32.4 Å². The predicted octanol–water partition coefficient (Wildman–Crippen LogP) is 2.00. The van der Waals surface area contributed by atoms with Crippen LogP contribution >= 0.6 is 0 Å². The number of amides is 1. The third kappa shape index (κ3) is 3.77. The van der Waals surface area contributed by atoms with Gasteiger partial charge < -0.3 is 15.5 Å². The fraction of sp³-hybridized carbons (Fsp3) is 0.375. The van der Waals surface area contributed by atoms with Crippen molar-refractivity contribution in [3.8, 4) is 0 Å². The van der Waals surface area contributed by atoms with E-state index in [-0.39, 0.29) is 15.9 Å². The minimum atomic E-state index is -5.03. The van der Waals surface area contributed by atoms with Crippen LogP contribution < -0.4 is 15.5 Å². The number of hydrogen-bond acceptors (Lipinski definition) is 6. The number of halogens is 5. The Kier molecular flexibility index (Phi) is 5.01. The molecular weight excluding hydrogens is 415 g/mol. The standard InChI is InChI=1S/C16H15F5N8O/c17-15(18)29-8-10(12(26-29)16(19,20)21)24-14(30)9-7-23-28-4-1-11(25-13(9)28)27-5-2-22-3-6-27/h1,4,7-8,15,22H,2-3,5-6H2,(H,24,30). The Labute approximate surface area is 165 Å². The number of piperazine rings is 1. The predicted molar refractivity (Wildman–Crippen MR) is 94.5 cm³/mol. The number of hydrogen-bond donors (Lipinski definition) is 2. The number of anilines is 2. The molecule has 4 rings (SSSR count). The molecule has 1 aliphatic rings. The summed E-state index contributed by atoms with van der Waals surface area (Å²) < 4.78 is 66.0. The van der Waals surface area contributed by atoms with Crippen LogP contribution in [0.5, 0.6) is 0 Å². The van der Waals surface area contributed by atoms with E-state index >= 15 is 0 Å². The molecule has 1 aliphatic heterocycles. The fourth-order valence-electron chi connectivity index (χ4n) is 3.07. The summed E-state index contributed by atoms with van der Waals surface area (Å²) in [6, 6.07) is 1.71. The van der Waals surface area contributed by atoms with Gasteiger partial charge >= 0.3 is 12.7 Å². The van der Waals surface area contributed by atoms with E-state index in [0.717, 1.165) is 19.3 Å². The Bertz CT molecular complexity index is 1070. The average Bonchev–Trinajstić information content (AvgIpc) is 3.32. The third-order valence-electron chi connectivity index (χ3n) is 4.49. The number of aromatic nitrogens is 5. The first-order valence-electron chi connectivity index (χ1n) is 8.80. The fourth-order valence-corrected chi connectivity index (χ4v) is 3.07. The number of nitrogens with zero attached hydrogens (tertiary/aromatic N) is 6. The molecule has 160 valence electrons. The van der Waals surface area contributed by atoms with Crippen molar-refractivity contribution in [1.82, 2.24) is 29.7 Å². The van der Waals surface area contributed by atoms with Crippen molar-refractivity contribution in [2.45, 2.75) is 12.7 Å². The molecule has 2 N–H and O–H groups in total. The highest BCUT2D eigenvalue weighted by molar-refractivity contribution is 6.08. The van der Waals surface area contributed by atoms with E-state index in [1.165, 1.54) is 4.52 Å². The van der Waals surface area contributed by atoms with Crippen LogP contribution in [-0.4, -0.2) is 56.5 Å². The molecule has 1 saturated heterocycles. The minimum absolute atomic E-state index is 0.107. The zero-order valence-electron chi connectivity index (χ0n) is 15.2. The minimum Gasteiger partial charge on any atom is -0.354 e. The Morgan fingerprint density at radius 1 is 1.23 bits per heavy atom. The van der Waals surface area contributed by atoms with Gasteiger partial charge in [0.2, 0.25) is 0 Å². The highest BCUT2D eigenvalue weighted by Gasteiger charge is 2.39. The van der Waals surface area contributed by atoms with Crippen LogP contribution in [0, 0.1) is 0 Å². The molecule has 9 nitrogen and oxygen atoms in total. The van der Waals surface area contributed by atoms with Crippen molar-refractivity contribution < 1.29 is 26.7 Å². The van der Waals surface area contributed by atoms with E-state index in [2.05, 4.69) is 20.5 Å². The van der Waals surface area contributed by atoms with Crippen LogP contribution in [0.4, 0.5) is 33.5 Å². The molecule has 14 heteroatoms. The van der Waals surface area contributed by atoms with E-state index in [0.29, 0.717) is 25.1 Å². The van der Waals surface area contributed by atoms with Gasteiger partial charge in [0.15, 0.2) is 11.3 Å². The van der Waals surface area contributed by atoms with Crippen molar-refractivity contribution >= 4 is 23.1 Å². The van der Waals surface area contributed by atoms with Gasteiger partial charge in [0.05, 0.1) is 18.1 Å². The molecule has 1 amide bonds. The van der Waals surface area contributed by atoms with E-state index in [9.17, 15) is 26.7 Å². The third-order valence-corrected chi connectivity index (χ3v) is 4.49. The van der Waals surface area contributed by atoms with Gasteiger partial charge in [0.1, 0.15) is 11.4 Å². The Morgan fingerprint density at radius 2 is 1.97 bits per heavy atom. The van der Waals surface area contributed by atoms with Gasteiger partial charge in [-0.05, 0) is 6.07 Å². The Hall–Kier alpha value is -3.29. The maximum absolute atomic E-state index is 13.1. The van der Waals surface area contributed by atoms with Crippen molar-refractivity contribution in [2.24, 2.45) is 0 Å². The largest absolute Gasteiger partial charge is 0.437 e. The summed E-state index contributed by atoms with van der Waals surface area (Å²) in [4.78, 5) is 19.0. The van der Waals surface area contributed by atoms with E-state index in [1.807, 2.05) is 10.2 Å². The van der Waals surface area contributed by atoms with Gasteiger partial charge in [-0.25, -0.2) is 14.2 Å². The van der Waals surface area contributed by atoms with E-state index in [1.54, 1.807) is 12.3 Å². The molecular formula is C16H15F5N8O. The molecule has 0 saturated carbocycles. The zero-order valence-corrected chi connectivity index (χ0v) is 15.2. The summed E-state index contributed by atoms with van der Waals surface area (Å²) in [5.74, 6) is -0.394. The lowest BCUT2D eigenvalue weighted by Gasteiger charge is -2.28. The summed E-state index contributed by atoms with van der Waals surface area (Å²) in [7, 11) is 0. The molecule has 0 bridgehead atoms. The first-order chi connectivity index (χ1) is 14.2. The monoisotopic (exact) mass is 430 g/mol. The van der Waals surface area contributed by atoms with Crippen LogP contribution in [0.2, 0.25) is 0 Å². The smallest absolute Gasteiger partial charge is 0.354 e. The number of carbonyl (C=O) groups excluding carboxylic acids is 1. The lowest BCUT2D eigenvalue weighted by Crippen LogP contribution is -2.43. The quantitative estimate of drug-likeness (QED) is 0.616. The Balaban J connectivity index is 1.65. The van der Waals surface area contributed by atoms with Crippen molar-refractivity contribution in [2.75, 3.05) is 36.4 Å². The maximum Gasteiger partial charge on any atom is 0.437 e. The summed E-state index contributed by atoms with van der Waals surface area (Å²) in [5, 5.41) is 12.0. The first-order valence-corrected chi connectivity index (χ1v) is 8.80. The second-order valence-electron chi connectivity index (χ2n) is 6.45. The summed E-state index contributed by atoms with van der Waals surface area (Å²) in [5.41, 5.74) is -2.49. The molecule has 30 heavy (non-hydrogen) atoms. The second-order valence-corrected chi connectivity index (χ2v) is 6.45. The van der Waals surface area contributed by atoms with Crippen molar-refractivity contribution in [1.29, 1.82) is 0 Å².